The summed E-state index contributed by atoms with van der Waals surface area (Å²) in [5, 5.41) is 2.11. The molecule has 3 aliphatic carbocycles. The highest BCUT2D eigenvalue weighted by atomic mass is 19.1. The highest BCUT2D eigenvalue weighted by Crippen LogP contribution is 2.49. The molecule has 6 aromatic carbocycles. The lowest BCUT2D eigenvalue weighted by atomic mass is 9.79. The molecule has 0 fully saturated rings. The van der Waals surface area contributed by atoms with Gasteiger partial charge in [0.1, 0.15) is 30.5 Å². The van der Waals surface area contributed by atoms with Gasteiger partial charge < -0.3 is 0 Å². The first kappa shape index (κ1) is 60.5. The standard InChI is InChI=1S/C18H26O.C15H15FO.2C13H14FN.C9H11F/c1-11-10-18(6,7)15-9-13(17(3,4)5)8-14(12(2)19)16(11)15;1-10-3-4-13-9-14(6-5-12(13)7-10)15(16)8-11(2)17;2*1-3-8-15(2)13-9-12(14)10-6-4-5-7-11(10)13;1-7-3-5-9(6-4-7)8(2)10/h8-9,11H,10H2,1-7H3;3-7,9,15H,8H2,1-2H3;2*1,4-7,12-13H,8-9H2,2H3;3-6,8H,1-2H3/t;;12-,13+;12-,13-;/m..01./s1. The van der Waals surface area contributed by atoms with Gasteiger partial charge in [-0.05, 0) is 145 Å². The van der Waals surface area contributed by atoms with Crippen LogP contribution < -0.4 is 0 Å². The van der Waals surface area contributed by atoms with Crippen LogP contribution in [0.15, 0.2) is 121 Å². The molecular formula is C68H80F4N2O2. The Hall–Kier alpha value is -6.32. The van der Waals surface area contributed by atoms with Crippen molar-refractivity contribution in [1.29, 1.82) is 0 Å². The molecule has 0 spiro atoms. The molecule has 7 atom stereocenters. The smallest absolute Gasteiger partial charge is 0.160 e. The van der Waals surface area contributed by atoms with E-state index in [1.807, 2.05) is 135 Å². The molecule has 9 rings (SSSR count). The van der Waals surface area contributed by atoms with E-state index in [-0.39, 0.29) is 40.9 Å². The second-order valence-corrected chi connectivity index (χ2v) is 22.7. The highest BCUT2D eigenvalue weighted by Gasteiger charge is 2.38. The van der Waals surface area contributed by atoms with Gasteiger partial charge in [0.25, 0.3) is 0 Å². The van der Waals surface area contributed by atoms with Gasteiger partial charge >= 0.3 is 0 Å². The summed E-state index contributed by atoms with van der Waals surface area (Å²) in [7, 11) is 3.89. The topological polar surface area (TPSA) is 40.6 Å². The average molecular weight is 1030 g/mol. The first-order valence-corrected chi connectivity index (χ1v) is 26.5. The van der Waals surface area contributed by atoms with Gasteiger partial charge in [0.05, 0.1) is 13.1 Å². The van der Waals surface area contributed by atoms with E-state index in [1.165, 1.54) is 34.7 Å². The van der Waals surface area contributed by atoms with E-state index >= 15 is 0 Å². The molecule has 0 heterocycles. The predicted octanol–water partition coefficient (Wildman–Crippen LogP) is 17.5. The lowest BCUT2D eigenvalue weighted by Crippen LogP contribution is -2.23. The van der Waals surface area contributed by atoms with E-state index in [4.69, 9.17) is 12.8 Å². The van der Waals surface area contributed by atoms with E-state index in [0.29, 0.717) is 37.4 Å². The number of benzene rings is 6. The van der Waals surface area contributed by atoms with Gasteiger partial charge in [0.15, 0.2) is 5.78 Å². The molecule has 0 saturated carbocycles. The minimum Gasteiger partial charge on any atom is -0.300 e. The fourth-order valence-corrected chi connectivity index (χ4v) is 10.7. The molecule has 3 aliphatic rings. The third kappa shape index (κ3) is 15.6. The van der Waals surface area contributed by atoms with Crippen LogP contribution >= 0.6 is 0 Å². The highest BCUT2D eigenvalue weighted by molar-refractivity contribution is 5.97. The maximum atomic E-state index is 13.8. The lowest BCUT2D eigenvalue weighted by molar-refractivity contribution is -0.118. The van der Waals surface area contributed by atoms with E-state index < -0.39 is 24.7 Å². The van der Waals surface area contributed by atoms with Crippen molar-refractivity contribution in [3.05, 3.63) is 188 Å². The molecule has 8 heteroatoms. The zero-order chi connectivity index (χ0) is 56.2. The van der Waals surface area contributed by atoms with Gasteiger partial charge in [0, 0.05) is 36.9 Å². The van der Waals surface area contributed by atoms with Crippen LogP contribution in [0.4, 0.5) is 17.6 Å². The fraction of sp³-hybridized carbons (Fsp3) is 0.412. The van der Waals surface area contributed by atoms with E-state index in [2.05, 4.69) is 71.6 Å². The number of rotatable bonds is 9. The van der Waals surface area contributed by atoms with Crippen LogP contribution in [0.2, 0.25) is 0 Å². The van der Waals surface area contributed by atoms with Crippen LogP contribution in [0.25, 0.3) is 10.8 Å². The van der Waals surface area contributed by atoms with Crippen molar-refractivity contribution in [3.8, 4) is 24.7 Å². The molecule has 3 unspecified atom stereocenters. The number of fused-ring (bicyclic) bond motifs is 4. The molecule has 0 bridgehead atoms. The molecule has 0 N–H and O–H groups in total. The third-order valence-electron chi connectivity index (χ3n) is 14.8. The van der Waals surface area contributed by atoms with Crippen molar-refractivity contribution >= 4 is 22.3 Å². The van der Waals surface area contributed by atoms with Crippen molar-refractivity contribution < 1.29 is 27.2 Å². The summed E-state index contributed by atoms with van der Waals surface area (Å²) < 4.78 is 53.7. The molecule has 402 valence electrons. The number of terminal acetylenes is 2. The Bertz CT molecular complexity index is 2930. The number of alkyl halides is 4. The summed E-state index contributed by atoms with van der Waals surface area (Å²) in [4.78, 5) is 27.0. The zero-order valence-electron chi connectivity index (χ0n) is 47.2. The number of aryl methyl sites for hydroxylation is 2. The monoisotopic (exact) mass is 1030 g/mol. The number of nitrogens with zero attached hydrogens (tertiary/aromatic N) is 2. The van der Waals surface area contributed by atoms with Crippen LogP contribution in [0.5, 0.6) is 0 Å². The lowest BCUT2D eigenvalue weighted by Gasteiger charge is -2.25. The zero-order valence-corrected chi connectivity index (χ0v) is 47.2. The second-order valence-electron chi connectivity index (χ2n) is 22.7. The van der Waals surface area contributed by atoms with E-state index in [1.54, 1.807) is 19.9 Å². The SMILES string of the molecule is C#CCN(C)[C@@H]1C[C@@H](F)c2ccccc21.C#CCN(C)[C@@H]1C[C@H](F)c2ccccc21.CC(=O)CC(F)c1ccc2cc(C)ccc2c1.CC(=O)c1cc(C(C)(C)C)cc2c1C(C)CC2(C)C.Cc1ccc(C(C)F)cc1. The third-order valence-corrected chi connectivity index (χ3v) is 14.8. The Morgan fingerprint density at radius 2 is 1.14 bits per heavy atom. The summed E-state index contributed by atoms with van der Waals surface area (Å²) in [6, 6.07) is 39.1. The maximum Gasteiger partial charge on any atom is 0.160 e. The van der Waals surface area contributed by atoms with Crippen LogP contribution in [0.3, 0.4) is 0 Å². The maximum absolute atomic E-state index is 13.8. The molecule has 0 amide bonds. The van der Waals surface area contributed by atoms with Crippen LogP contribution in [0.1, 0.15) is 202 Å². The summed E-state index contributed by atoms with van der Waals surface area (Å²) >= 11 is 0. The van der Waals surface area contributed by atoms with Crippen molar-refractivity contribution in [2.75, 3.05) is 27.2 Å². The second kappa shape index (κ2) is 26.6. The molecule has 4 nitrogen and oxygen atoms in total. The molecule has 0 aromatic heterocycles. The number of carbonyl (C=O) groups excluding carboxylic acids is 2. The first-order chi connectivity index (χ1) is 35.8. The van der Waals surface area contributed by atoms with Crippen LogP contribution in [-0.4, -0.2) is 48.6 Å². The number of hydrogen-bond acceptors (Lipinski definition) is 4. The predicted molar refractivity (Wildman–Crippen MR) is 308 cm³/mol. The molecule has 76 heavy (non-hydrogen) atoms. The largest absolute Gasteiger partial charge is 0.300 e. The van der Waals surface area contributed by atoms with Gasteiger partial charge in [-0.25, -0.2) is 17.6 Å². The molecule has 6 aromatic rings. The number of Topliss-reactive ketones (excluding diaryl/α,β-unsaturated/α-hetero) is 2. The van der Waals surface area contributed by atoms with E-state index in [0.717, 1.165) is 50.6 Å². The summed E-state index contributed by atoms with van der Waals surface area (Å²) in [5.74, 6) is 5.75. The number of hydrogen-bond donors (Lipinski definition) is 0. The van der Waals surface area contributed by atoms with Crippen LogP contribution in [0, 0.1) is 38.5 Å². The van der Waals surface area contributed by atoms with Crippen molar-refractivity contribution in [3.63, 3.8) is 0 Å². The minimum atomic E-state index is -1.20. The molecular weight excluding hydrogens is 953 g/mol. The van der Waals surface area contributed by atoms with Crippen molar-refractivity contribution in [2.45, 2.75) is 155 Å². The Morgan fingerprint density at radius 1 is 0.684 bits per heavy atom. The van der Waals surface area contributed by atoms with Gasteiger partial charge in [-0.15, -0.1) is 12.8 Å². The first-order valence-electron chi connectivity index (χ1n) is 26.5. The van der Waals surface area contributed by atoms with Gasteiger partial charge in [-0.2, -0.15) is 0 Å². The fourth-order valence-electron chi connectivity index (χ4n) is 10.7. The molecule has 0 saturated heterocycles. The Kier molecular flexibility index (Phi) is 21.2. The molecule has 0 radical (unpaired) electrons. The Morgan fingerprint density at radius 3 is 1.61 bits per heavy atom. The average Bonchev–Trinajstić information content (AvgIpc) is 4.00. The summed E-state index contributed by atoms with van der Waals surface area (Å²) in [6.07, 6.45) is 8.95. The number of ketones is 2. The number of carbonyl (C=O) groups is 2. The summed E-state index contributed by atoms with van der Waals surface area (Å²) in [5.41, 5.74) is 12.7. The van der Waals surface area contributed by atoms with Gasteiger partial charge in [-0.1, -0.05) is 174 Å². The summed E-state index contributed by atoms with van der Waals surface area (Å²) in [6.45, 7) is 23.3. The van der Waals surface area contributed by atoms with Gasteiger partial charge in [-0.3, -0.25) is 19.4 Å². The van der Waals surface area contributed by atoms with Crippen LogP contribution in [-0.2, 0) is 15.6 Å². The Balaban J connectivity index is 0.000000178. The van der Waals surface area contributed by atoms with Crippen molar-refractivity contribution in [1.82, 2.24) is 9.80 Å². The normalized spacial score (nSPS) is 19.3. The van der Waals surface area contributed by atoms with Crippen molar-refractivity contribution in [2.24, 2.45) is 0 Å². The van der Waals surface area contributed by atoms with E-state index in [9.17, 15) is 27.2 Å². The number of halogens is 4. The quantitative estimate of drug-likeness (QED) is 0.0822. The Labute approximate surface area is 452 Å². The minimum absolute atomic E-state index is 0.0443. The van der Waals surface area contributed by atoms with Gasteiger partial charge in [0.2, 0.25) is 0 Å². The molecule has 0 aliphatic heterocycles.